The Hall–Kier alpha value is -2.25. The molecule has 1 aromatic carbocycles. The third kappa shape index (κ3) is 4.04. The predicted octanol–water partition coefficient (Wildman–Crippen LogP) is 2.92. The molecule has 1 amide bonds. The lowest BCUT2D eigenvalue weighted by Gasteiger charge is -2.37. The number of halogens is 2. The molecular formula is C20H25F2N3O2. The highest BCUT2D eigenvalue weighted by Gasteiger charge is 2.29. The summed E-state index contributed by atoms with van der Waals surface area (Å²) in [6.45, 7) is 1.01. The number of β-amino-alcohol motifs (C(OH)–C–C–N with tert-alkyl or cyclic N) is 1. The van der Waals surface area contributed by atoms with Crippen LogP contribution in [0.4, 0.5) is 8.78 Å². The van der Waals surface area contributed by atoms with Crippen molar-refractivity contribution in [1.82, 2.24) is 14.8 Å². The van der Waals surface area contributed by atoms with Gasteiger partial charge in [0.25, 0.3) is 5.91 Å². The van der Waals surface area contributed by atoms with E-state index in [2.05, 4.69) is 10.2 Å². The highest BCUT2D eigenvalue weighted by molar-refractivity contribution is 5.92. The van der Waals surface area contributed by atoms with Gasteiger partial charge >= 0.3 is 0 Å². The number of nitrogens with zero attached hydrogens (tertiary/aromatic N) is 2. The second-order valence-corrected chi connectivity index (χ2v) is 6.97. The van der Waals surface area contributed by atoms with E-state index < -0.39 is 17.7 Å². The molecule has 146 valence electrons. The number of piperidine rings is 1. The summed E-state index contributed by atoms with van der Waals surface area (Å²) in [5.74, 6) is -1.55. The zero-order chi connectivity index (χ0) is 19.6. The molecule has 7 heteroatoms. The maximum Gasteiger partial charge on any atom is 0.267 e. The number of nitrogens with one attached hydrogen (secondary N) is 1. The molecule has 0 radical (unpaired) electrons. The van der Waals surface area contributed by atoms with Crippen LogP contribution in [0.25, 0.3) is 0 Å². The normalized spacial score (nSPS) is 19.1. The number of amides is 1. The summed E-state index contributed by atoms with van der Waals surface area (Å²) < 4.78 is 29.0. The Morgan fingerprint density at radius 2 is 2.07 bits per heavy atom. The zero-order valence-corrected chi connectivity index (χ0v) is 15.6. The van der Waals surface area contributed by atoms with Crippen LogP contribution in [0.3, 0.4) is 0 Å². The van der Waals surface area contributed by atoms with E-state index in [1.54, 1.807) is 13.1 Å². The van der Waals surface area contributed by atoms with Crippen LogP contribution in [0.5, 0.6) is 0 Å². The highest BCUT2D eigenvalue weighted by Crippen LogP contribution is 2.33. The van der Waals surface area contributed by atoms with Crippen molar-refractivity contribution in [3.8, 4) is 0 Å². The SMILES string of the molecule is CNC(=O)c1ccc([C@H]2CCCCN2C[C@H](O)c2ccc(F)cc2F)n1C. The summed E-state index contributed by atoms with van der Waals surface area (Å²) >= 11 is 0. The van der Waals surface area contributed by atoms with Crippen molar-refractivity contribution in [1.29, 1.82) is 0 Å². The van der Waals surface area contributed by atoms with Crippen LogP contribution in [0.1, 0.15) is 53.2 Å². The first kappa shape index (κ1) is 19.5. The Morgan fingerprint density at radius 1 is 1.30 bits per heavy atom. The van der Waals surface area contributed by atoms with Crippen molar-refractivity contribution < 1.29 is 18.7 Å². The first-order valence-electron chi connectivity index (χ1n) is 9.17. The van der Waals surface area contributed by atoms with Gasteiger partial charge in [0, 0.05) is 38.0 Å². The summed E-state index contributed by atoms with van der Waals surface area (Å²) in [5.41, 5.74) is 1.65. The number of carbonyl (C=O) groups is 1. The molecule has 1 aliphatic heterocycles. The third-order valence-corrected chi connectivity index (χ3v) is 5.30. The fraction of sp³-hybridized carbons (Fsp3) is 0.450. The molecule has 3 rings (SSSR count). The number of hydrogen-bond donors (Lipinski definition) is 2. The summed E-state index contributed by atoms with van der Waals surface area (Å²) in [6, 6.07) is 6.98. The molecule has 0 bridgehead atoms. The van der Waals surface area contributed by atoms with E-state index in [9.17, 15) is 18.7 Å². The summed E-state index contributed by atoms with van der Waals surface area (Å²) in [6.07, 6.45) is 1.87. The van der Waals surface area contributed by atoms with Crippen LogP contribution < -0.4 is 5.32 Å². The number of aromatic nitrogens is 1. The number of rotatable bonds is 5. The van der Waals surface area contributed by atoms with Crippen LogP contribution >= 0.6 is 0 Å². The Kier molecular flexibility index (Phi) is 5.92. The third-order valence-electron chi connectivity index (χ3n) is 5.30. The van der Waals surface area contributed by atoms with E-state index in [1.165, 1.54) is 6.07 Å². The van der Waals surface area contributed by atoms with Crippen LogP contribution in [0.15, 0.2) is 30.3 Å². The molecule has 2 atom stereocenters. The van der Waals surface area contributed by atoms with Gasteiger partial charge in [0.1, 0.15) is 17.3 Å². The van der Waals surface area contributed by atoms with Crippen molar-refractivity contribution >= 4 is 5.91 Å². The molecule has 1 fully saturated rings. The number of aliphatic hydroxyl groups is 1. The molecule has 0 unspecified atom stereocenters. The van der Waals surface area contributed by atoms with E-state index in [1.807, 2.05) is 17.7 Å². The fourth-order valence-electron chi connectivity index (χ4n) is 3.85. The topological polar surface area (TPSA) is 57.5 Å². The van der Waals surface area contributed by atoms with E-state index >= 15 is 0 Å². The minimum Gasteiger partial charge on any atom is -0.387 e. The molecule has 0 spiro atoms. The lowest BCUT2D eigenvalue weighted by molar-refractivity contribution is 0.0622. The number of benzene rings is 1. The van der Waals surface area contributed by atoms with Gasteiger partial charge < -0.3 is 15.0 Å². The Balaban J connectivity index is 1.82. The number of likely N-dealkylation sites (tertiary alicyclic amines) is 1. The highest BCUT2D eigenvalue weighted by atomic mass is 19.1. The maximum atomic E-state index is 14.0. The molecule has 1 aliphatic rings. The van der Waals surface area contributed by atoms with Gasteiger partial charge in [0.05, 0.1) is 12.1 Å². The average Bonchev–Trinajstić information content (AvgIpc) is 3.02. The molecule has 1 aromatic heterocycles. The summed E-state index contributed by atoms with van der Waals surface area (Å²) in [4.78, 5) is 14.1. The second-order valence-electron chi connectivity index (χ2n) is 6.97. The van der Waals surface area contributed by atoms with Gasteiger partial charge in [-0.1, -0.05) is 12.5 Å². The smallest absolute Gasteiger partial charge is 0.267 e. The van der Waals surface area contributed by atoms with Gasteiger partial charge in [-0.05, 0) is 37.6 Å². The molecule has 2 aromatic rings. The van der Waals surface area contributed by atoms with E-state index in [4.69, 9.17) is 0 Å². The van der Waals surface area contributed by atoms with Crippen LogP contribution in [0, 0.1) is 11.6 Å². The van der Waals surface area contributed by atoms with Crippen LogP contribution in [0.2, 0.25) is 0 Å². The molecule has 0 aliphatic carbocycles. The Labute approximate surface area is 157 Å². The standard InChI is InChI=1S/C20H25F2N3O2/c1-23-20(27)18-9-8-16(24(18)2)17-5-3-4-10-25(17)12-19(26)14-7-6-13(21)11-15(14)22/h6-9,11,17,19,26H,3-5,10,12H2,1-2H3,(H,23,27)/t17-,19+/m1/s1. The molecule has 27 heavy (non-hydrogen) atoms. The quantitative estimate of drug-likeness (QED) is 0.842. The molecule has 5 nitrogen and oxygen atoms in total. The largest absolute Gasteiger partial charge is 0.387 e. The van der Waals surface area contributed by atoms with Crippen molar-refractivity contribution in [2.24, 2.45) is 7.05 Å². The van der Waals surface area contributed by atoms with Crippen molar-refractivity contribution in [3.63, 3.8) is 0 Å². The van der Waals surface area contributed by atoms with Crippen LogP contribution in [-0.2, 0) is 7.05 Å². The monoisotopic (exact) mass is 377 g/mol. The van der Waals surface area contributed by atoms with Gasteiger partial charge in [-0.25, -0.2) is 8.78 Å². The van der Waals surface area contributed by atoms with Crippen molar-refractivity contribution in [3.05, 3.63) is 58.9 Å². The zero-order valence-electron chi connectivity index (χ0n) is 15.6. The number of hydrogen-bond acceptors (Lipinski definition) is 3. The predicted molar refractivity (Wildman–Crippen MR) is 98.3 cm³/mol. The molecule has 2 N–H and O–H groups in total. The van der Waals surface area contributed by atoms with Gasteiger partial charge in [0.2, 0.25) is 0 Å². The number of aliphatic hydroxyl groups excluding tert-OH is 1. The first-order valence-corrected chi connectivity index (χ1v) is 9.17. The first-order chi connectivity index (χ1) is 12.9. The van der Waals surface area contributed by atoms with Gasteiger partial charge in [0.15, 0.2) is 0 Å². The average molecular weight is 377 g/mol. The van der Waals surface area contributed by atoms with Gasteiger partial charge in [-0.2, -0.15) is 0 Å². The molecule has 0 saturated carbocycles. The lowest BCUT2D eigenvalue weighted by Crippen LogP contribution is -2.37. The van der Waals surface area contributed by atoms with Gasteiger partial charge in [-0.3, -0.25) is 9.69 Å². The van der Waals surface area contributed by atoms with Gasteiger partial charge in [-0.15, -0.1) is 0 Å². The summed E-state index contributed by atoms with van der Waals surface area (Å²) in [7, 11) is 3.44. The van der Waals surface area contributed by atoms with Crippen LogP contribution in [-0.4, -0.2) is 40.6 Å². The van der Waals surface area contributed by atoms with Crippen molar-refractivity contribution in [2.45, 2.75) is 31.4 Å². The Bertz CT molecular complexity index is 822. The lowest BCUT2D eigenvalue weighted by atomic mass is 9.97. The van der Waals surface area contributed by atoms with E-state index in [0.717, 1.165) is 43.6 Å². The molecular weight excluding hydrogens is 352 g/mol. The molecule has 2 heterocycles. The Morgan fingerprint density at radius 3 is 2.78 bits per heavy atom. The minimum absolute atomic E-state index is 0.0281. The van der Waals surface area contributed by atoms with E-state index in [0.29, 0.717) is 5.69 Å². The molecule has 1 saturated heterocycles. The minimum atomic E-state index is -1.05. The maximum absolute atomic E-state index is 14.0. The number of carbonyl (C=O) groups excluding carboxylic acids is 1. The fourth-order valence-corrected chi connectivity index (χ4v) is 3.85. The van der Waals surface area contributed by atoms with Crippen molar-refractivity contribution in [2.75, 3.05) is 20.1 Å². The summed E-state index contributed by atoms with van der Waals surface area (Å²) in [5, 5.41) is 13.2. The second kappa shape index (κ2) is 8.19. The van der Waals surface area contributed by atoms with E-state index in [-0.39, 0.29) is 24.1 Å².